The smallest absolute Gasteiger partial charge is 0.312 e. The third-order valence-corrected chi connectivity index (χ3v) is 3.70. The van der Waals surface area contributed by atoms with Crippen LogP contribution in [0.25, 0.3) is 10.9 Å². The highest BCUT2D eigenvalue weighted by Crippen LogP contribution is 2.36. The van der Waals surface area contributed by atoms with Gasteiger partial charge in [0.25, 0.3) is 0 Å². The molecule has 2 aromatic rings. The highest BCUT2D eigenvalue weighted by atomic mass is 35.5. The predicted molar refractivity (Wildman–Crippen MR) is 66.6 cm³/mol. The van der Waals surface area contributed by atoms with Gasteiger partial charge in [0.2, 0.25) is 0 Å². The molecule has 1 aliphatic carbocycles. The second-order valence-corrected chi connectivity index (χ2v) is 4.93. The number of halogens is 1. The van der Waals surface area contributed by atoms with Crippen LogP contribution in [0, 0.1) is 0 Å². The molecule has 2 N–H and O–H groups in total. The summed E-state index contributed by atoms with van der Waals surface area (Å²) in [7, 11) is 0. The van der Waals surface area contributed by atoms with E-state index in [4.69, 9.17) is 11.6 Å². The maximum absolute atomic E-state index is 11.2. The van der Waals surface area contributed by atoms with Gasteiger partial charge < -0.3 is 10.1 Å². The lowest BCUT2D eigenvalue weighted by Gasteiger charge is -2.18. The van der Waals surface area contributed by atoms with E-state index in [1.54, 1.807) is 0 Å². The molecule has 1 aromatic carbocycles. The number of fused-ring (bicyclic) bond motifs is 3. The Morgan fingerprint density at radius 1 is 1.47 bits per heavy atom. The van der Waals surface area contributed by atoms with E-state index in [2.05, 4.69) is 4.98 Å². The second kappa shape index (κ2) is 3.77. The number of H-pyrrole nitrogens is 1. The fourth-order valence-electron chi connectivity index (χ4n) is 2.68. The first kappa shape index (κ1) is 10.7. The molecule has 88 valence electrons. The van der Waals surface area contributed by atoms with Gasteiger partial charge >= 0.3 is 5.97 Å². The minimum Gasteiger partial charge on any atom is -0.481 e. The average molecular weight is 250 g/mol. The molecular weight excluding hydrogens is 238 g/mol. The molecule has 0 radical (unpaired) electrons. The second-order valence-electron chi connectivity index (χ2n) is 4.49. The molecule has 0 amide bonds. The van der Waals surface area contributed by atoms with Crippen molar-refractivity contribution < 1.29 is 9.90 Å². The maximum Gasteiger partial charge on any atom is 0.312 e. The number of hydrogen-bond donors (Lipinski definition) is 2. The van der Waals surface area contributed by atoms with Gasteiger partial charge in [-0.2, -0.15) is 0 Å². The van der Waals surface area contributed by atoms with Crippen molar-refractivity contribution in [2.75, 3.05) is 0 Å². The van der Waals surface area contributed by atoms with Gasteiger partial charge in [0.05, 0.1) is 5.92 Å². The lowest BCUT2D eigenvalue weighted by Crippen LogP contribution is -2.17. The first-order valence-electron chi connectivity index (χ1n) is 5.69. The van der Waals surface area contributed by atoms with Crippen LogP contribution in [0.2, 0.25) is 5.02 Å². The summed E-state index contributed by atoms with van der Waals surface area (Å²) >= 11 is 5.99. The number of hydrogen-bond acceptors (Lipinski definition) is 1. The van der Waals surface area contributed by atoms with Gasteiger partial charge in [-0.25, -0.2) is 0 Å². The minimum atomic E-state index is -0.747. The standard InChI is InChI=1S/C13H12ClNO2/c14-7-4-5-11-10(6-7)8-2-1-3-9(13(16)17)12(8)15-11/h4-6,9,15H,1-3H2,(H,16,17). The molecule has 0 fully saturated rings. The van der Waals surface area contributed by atoms with Crippen LogP contribution in [0.5, 0.6) is 0 Å². The molecule has 1 heterocycles. The lowest BCUT2D eigenvalue weighted by atomic mass is 9.87. The van der Waals surface area contributed by atoms with E-state index in [9.17, 15) is 9.90 Å². The fraction of sp³-hybridized carbons (Fsp3) is 0.308. The van der Waals surface area contributed by atoms with Gasteiger partial charge in [0.15, 0.2) is 0 Å². The third-order valence-electron chi connectivity index (χ3n) is 3.47. The zero-order valence-electron chi connectivity index (χ0n) is 9.16. The van der Waals surface area contributed by atoms with E-state index in [-0.39, 0.29) is 0 Å². The van der Waals surface area contributed by atoms with Crippen molar-refractivity contribution in [3.63, 3.8) is 0 Å². The van der Waals surface area contributed by atoms with Crippen molar-refractivity contribution in [1.82, 2.24) is 4.98 Å². The number of rotatable bonds is 1. The molecule has 0 saturated heterocycles. The highest BCUT2D eigenvalue weighted by Gasteiger charge is 2.29. The van der Waals surface area contributed by atoms with Crippen molar-refractivity contribution in [2.24, 2.45) is 0 Å². The van der Waals surface area contributed by atoms with Crippen LogP contribution in [-0.4, -0.2) is 16.1 Å². The Kier molecular flexibility index (Phi) is 2.37. The SMILES string of the molecule is O=C(O)C1CCCc2c1[nH]c1ccc(Cl)cc21. The van der Waals surface area contributed by atoms with E-state index in [1.807, 2.05) is 18.2 Å². The van der Waals surface area contributed by atoms with Crippen LogP contribution in [0.15, 0.2) is 18.2 Å². The van der Waals surface area contributed by atoms with E-state index in [1.165, 1.54) is 0 Å². The Morgan fingerprint density at radius 2 is 2.29 bits per heavy atom. The molecule has 1 unspecified atom stereocenters. The van der Waals surface area contributed by atoms with Crippen molar-refractivity contribution in [1.29, 1.82) is 0 Å². The largest absolute Gasteiger partial charge is 0.481 e. The van der Waals surface area contributed by atoms with E-state index >= 15 is 0 Å². The Morgan fingerprint density at radius 3 is 3.06 bits per heavy atom. The molecule has 3 rings (SSSR count). The van der Waals surface area contributed by atoms with Crippen molar-refractivity contribution in [3.8, 4) is 0 Å². The van der Waals surface area contributed by atoms with Crippen molar-refractivity contribution in [2.45, 2.75) is 25.2 Å². The average Bonchev–Trinajstić information content (AvgIpc) is 2.66. The molecule has 1 aromatic heterocycles. The fourth-order valence-corrected chi connectivity index (χ4v) is 2.85. The van der Waals surface area contributed by atoms with E-state index in [0.717, 1.165) is 35.0 Å². The predicted octanol–water partition coefficient (Wildman–Crippen LogP) is 3.33. The molecule has 17 heavy (non-hydrogen) atoms. The third kappa shape index (κ3) is 1.62. The van der Waals surface area contributed by atoms with Gasteiger partial charge in [0.1, 0.15) is 0 Å². The van der Waals surface area contributed by atoms with Gasteiger partial charge in [-0.1, -0.05) is 11.6 Å². The van der Waals surface area contributed by atoms with Gasteiger partial charge in [-0.3, -0.25) is 4.79 Å². The van der Waals surface area contributed by atoms with Crippen LogP contribution < -0.4 is 0 Å². The molecular formula is C13H12ClNO2. The van der Waals surface area contributed by atoms with Crippen molar-refractivity contribution in [3.05, 3.63) is 34.5 Å². The summed E-state index contributed by atoms with van der Waals surface area (Å²) in [6.07, 6.45) is 2.56. The molecule has 0 spiro atoms. The van der Waals surface area contributed by atoms with Crippen molar-refractivity contribution >= 4 is 28.5 Å². The zero-order chi connectivity index (χ0) is 12.0. The Hall–Kier alpha value is -1.48. The number of aryl methyl sites for hydroxylation is 1. The molecule has 1 aliphatic rings. The molecule has 0 aliphatic heterocycles. The van der Waals surface area contributed by atoms with Crippen LogP contribution >= 0.6 is 11.6 Å². The summed E-state index contributed by atoms with van der Waals surface area (Å²) in [4.78, 5) is 14.4. The molecule has 3 nitrogen and oxygen atoms in total. The summed E-state index contributed by atoms with van der Waals surface area (Å²) in [6, 6.07) is 5.65. The van der Waals surface area contributed by atoms with Crippen LogP contribution in [0.3, 0.4) is 0 Å². The van der Waals surface area contributed by atoms with Crippen LogP contribution in [-0.2, 0) is 11.2 Å². The number of carbonyl (C=O) groups is 1. The minimum absolute atomic E-state index is 0.398. The number of benzene rings is 1. The Bertz CT molecular complexity index is 603. The number of nitrogens with one attached hydrogen (secondary N) is 1. The summed E-state index contributed by atoms with van der Waals surface area (Å²) in [6.45, 7) is 0. The maximum atomic E-state index is 11.2. The molecule has 1 atom stereocenters. The molecule has 0 saturated carbocycles. The van der Waals surface area contributed by atoms with E-state index in [0.29, 0.717) is 11.4 Å². The Labute approximate surface area is 103 Å². The normalized spacial score (nSPS) is 19.2. The lowest BCUT2D eigenvalue weighted by molar-refractivity contribution is -0.139. The quantitative estimate of drug-likeness (QED) is 0.815. The van der Waals surface area contributed by atoms with Crippen LogP contribution in [0.4, 0.5) is 0 Å². The molecule has 0 bridgehead atoms. The summed E-state index contributed by atoms with van der Waals surface area (Å²) in [5.74, 6) is -1.14. The van der Waals surface area contributed by atoms with Gasteiger partial charge in [-0.05, 0) is 43.0 Å². The summed E-state index contributed by atoms with van der Waals surface area (Å²) in [5.41, 5.74) is 2.97. The zero-order valence-corrected chi connectivity index (χ0v) is 9.92. The Balaban J connectivity index is 2.25. The summed E-state index contributed by atoms with van der Waals surface area (Å²) < 4.78 is 0. The van der Waals surface area contributed by atoms with Gasteiger partial charge in [-0.15, -0.1) is 0 Å². The monoisotopic (exact) mass is 249 g/mol. The topological polar surface area (TPSA) is 53.1 Å². The van der Waals surface area contributed by atoms with E-state index < -0.39 is 11.9 Å². The number of aromatic nitrogens is 1. The number of aliphatic carboxylic acids is 1. The first-order valence-corrected chi connectivity index (χ1v) is 6.07. The highest BCUT2D eigenvalue weighted by molar-refractivity contribution is 6.31. The van der Waals surface area contributed by atoms with Crippen LogP contribution in [0.1, 0.15) is 30.0 Å². The van der Waals surface area contributed by atoms with Gasteiger partial charge in [0, 0.05) is 21.6 Å². The number of carboxylic acid groups (broad SMARTS) is 1. The first-order chi connectivity index (χ1) is 8.16. The number of carboxylic acids is 1. The number of aromatic amines is 1. The molecule has 4 heteroatoms. The summed E-state index contributed by atoms with van der Waals surface area (Å²) in [5, 5.41) is 11.0.